The van der Waals surface area contributed by atoms with Gasteiger partial charge in [-0.3, -0.25) is 0 Å². The van der Waals surface area contributed by atoms with Crippen LogP contribution in [0.1, 0.15) is 23.1 Å². The van der Waals surface area contributed by atoms with Crippen LogP contribution in [-0.4, -0.2) is 32.8 Å². The lowest BCUT2D eigenvalue weighted by molar-refractivity contribution is 0.0600. The van der Waals surface area contributed by atoms with E-state index in [1.807, 2.05) is 13.0 Å². The summed E-state index contributed by atoms with van der Waals surface area (Å²) in [5.41, 5.74) is 7.71. The van der Waals surface area contributed by atoms with E-state index in [1.165, 1.54) is 7.11 Å². The number of hydrogen-bond donors (Lipinski definition) is 1. The number of aromatic nitrogens is 4. The second kappa shape index (κ2) is 5.44. The topological polar surface area (TPSA) is 95.9 Å². The van der Waals surface area contributed by atoms with Crippen molar-refractivity contribution in [1.29, 1.82) is 0 Å². The van der Waals surface area contributed by atoms with E-state index >= 15 is 0 Å². The maximum absolute atomic E-state index is 11.7. The van der Waals surface area contributed by atoms with Crippen molar-refractivity contribution in [2.24, 2.45) is 0 Å². The molecule has 0 radical (unpaired) electrons. The average molecular weight is 297 g/mol. The molecule has 7 heteroatoms. The van der Waals surface area contributed by atoms with Gasteiger partial charge in [0.2, 0.25) is 0 Å². The minimum Gasteiger partial charge on any atom is -0.465 e. The first-order chi connectivity index (χ1) is 10.6. The summed E-state index contributed by atoms with van der Waals surface area (Å²) in [5, 5.41) is 4.99. The average Bonchev–Trinajstić information content (AvgIpc) is 2.98. The fourth-order valence-electron chi connectivity index (χ4n) is 2.21. The molecule has 0 saturated heterocycles. The zero-order valence-electron chi connectivity index (χ0n) is 12.3. The van der Waals surface area contributed by atoms with Crippen LogP contribution in [0.4, 0.5) is 5.82 Å². The van der Waals surface area contributed by atoms with E-state index in [0.29, 0.717) is 40.3 Å². The molecule has 0 fully saturated rings. The van der Waals surface area contributed by atoms with Crippen molar-refractivity contribution in [2.75, 3.05) is 12.8 Å². The summed E-state index contributed by atoms with van der Waals surface area (Å²) in [4.78, 5) is 20.4. The van der Waals surface area contributed by atoms with E-state index in [1.54, 1.807) is 29.1 Å². The SMILES string of the molecule is CCc1nc(N)c2cnn(-c3cccc(C(=O)OC)c3)c2n1. The minimum atomic E-state index is -0.401. The third-order valence-electron chi connectivity index (χ3n) is 3.33. The molecule has 7 nitrogen and oxygen atoms in total. The number of methoxy groups -OCH3 is 1. The van der Waals surface area contributed by atoms with Crippen molar-refractivity contribution in [3.8, 4) is 5.69 Å². The van der Waals surface area contributed by atoms with Crippen LogP contribution in [0, 0.1) is 0 Å². The number of rotatable bonds is 3. The number of benzene rings is 1. The molecule has 0 aliphatic carbocycles. The third-order valence-corrected chi connectivity index (χ3v) is 3.33. The highest BCUT2D eigenvalue weighted by atomic mass is 16.5. The number of carbonyl (C=O) groups excluding carboxylic acids is 1. The van der Waals surface area contributed by atoms with Crippen molar-refractivity contribution in [1.82, 2.24) is 19.7 Å². The predicted molar refractivity (Wildman–Crippen MR) is 81.8 cm³/mol. The number of ether oxygens (including phenoxy) is 1. The molecule has 3 aromatic rings. The number of carbonyl (C=O) groups is 1. The molecule has 0 bridgehead atoms. The van der Waals surface area contributed by atoms with Gasteiger partial charge in [0.05, 0.1) is 29.9 Å². The van der Waals surface area contributed by atoms with Gasteiger partial charge in [0.25, 0.3) is 0 Å². The second-order valence-corrected chi connectivity index (χ2v) is 4.71. The molecule has 3 rings (SSSR count). The Hall–Kier alpha value is -2.96. The predicted octanol–water partition coefficient (Wildman–Crippen LogP) is 1.75. The summed E-state index contributed by atoms with van der Waals surface area (Å²) in [6.07, 6.45) is 2.29. The molecule has 22 heavy (non-hydrogen) atoms. The Balaban J connectivity index is 2.18. The Kier molecular flexibility index (Phi) is 3.46. The molecule has 0 amide bonds. The van der Waals surface area contributed by atoms with Crippen LogP contribution in [0.3, 0.4) is 0 Å². The Morgan fingerprint density at radius 2 is 2.18 bits per heavy atom. The lowest BCUT2D eigenvalue weighted by Crippen LogP contribution is -2.05. The summed E-state index contributed by atoms with van der Waals surface area (Å²) in [5.74, 6) is 0.648. The van der Waals surface area contributed by atoms with Gasteiger partial charge in [0.1, 0.15) is 11.6 Å². The van der Waals surface area contributed by atoms with Gasteiger partial charge in [0, 0.05) is 6.42 Å². The van der Waals surface area contributed by atoms with Gasteiger partial charge in [-0.15, -0.1) is 0 Å². The summed E-state index contributed by atoms with van der Waals surface area (Å²) in [6.45, 7) is 1.96. The molecule has 112 valence electrons. The fraction of sp³-hybridized carbons (Fsp3) is 0.200. The molecule has 0 aliphatic rings. The molecule has 2 N–H and O–H groups in total. The molecular weight excluding hydrogens is 282 g/mol. The number of fused-ring (bicyclic) bond motifs is 1. The molecule has 0 unspecified atom stereocenters. The van der Waals surface area contributed by atoms with Gasteiger partial charge in [-0.2, -0.15) is 5.10 Å². The van der Waals surface area contributed by atoms with Crippen molar-refractivity contribution in [2.45, 2.75) is 13.3 Å². The third kappa shape index (κ3) is 2.26. The summed E-state index contributed by atoms with van der Waals surface area (Å²) in [7, 11) is 1.35. The maximum atomic E-state index is 11.7. The van der Waals surface area contributed by atoms with E-state index in [9.17, 15) is 4.79 Å². The Bertz CT molecular complexity index is 856. The van der Waals surface area contributed by atoms with E-state index in [0.717, 1.165) is 0 Å². The van der Waals surface area contributed by atoms with Gasteiger partial charge in [0.15, 0.2) is 5.65 Å². The van der Waals surface area contributed by atoms with Crippen LogP contribution in [0.5, 0.6) is 0 Å². The van der Waals surface area contributed by atoms with Crippen molar-refractivity contribution in [3.05, 3.63) is 41.9 Å². The molecule has 0 aliphatic heterocycles. The quantitative estimate of drug-likeness (QED) is 0.740. The first-order valence-electron chi connectivity index (χ1n) is 6.83. The molecule has 2 heterocycles. The van der Waals surface area contributed by atoms with Gasteiger partial charge in [-0.05, 0) is 18.2 Å². The van der Waals surface area contributed by atoms with Crippen LogP contribution in [-0.2, 0) is 11.2 Å². The number of nitrogens with zero attached hydrogens (tertiary/aromatic N) is 4. The lowest BCUT2D eigenvalue weighted by atomic mass is 10.2. The van der Waals surface area contributed by atoms with Gasteiger partial charge < -0.3 is 10.5 Å². The fourth-order valence-corrected chi connectivity index (χ4v) is 2.21. The van der Waals surface area contributed by atoms with Gasteiger partial charge >= 0.3 is 5.97 Å². The van der Waals surface area contributed by atoms with Crippen LogP contribution >= 0.6 is 0 Å². The van der Waals surface area contributed by atoms with Crippen LogP contribution in [0.25, 0.3) is 16.7 Å². The van der Waals surface area contributed by atoms with Crippen LogP contribution in [0.15, 0.2) is 30.5 Å². The normalized spacial score (nSPS) is 10.8. The molecule has 1 aromatic carbocycles. The first-order valence-corrected chi connectivity index (χ1v) is 6.83. The minimum absolute atomic E-state index is 0.400. The van der Waals surface area contributed by atoms with Crippen molar-refractivity contribution >= 4 is 22.8 Å². The van der Waals surface area contributed by atoms with Crippen LogP contribution in [0.2, 0.25) is 0 Å². The number of nitrogens with two attached hydrogens (primary N) is 1. The zero-order valence-corrected chi connectivity index (χ0v) is 12.3. The number of esters is 1. The molecule has 2 aromatic heterocycles. The highest BCUT2D eigenvalue weighted by Crippen LogP contribution is 2.21. The summed E-state index contributed by atoms with van der Waals surface area (Å²) >= 11 is 0. The molecular formula is C15H15N5O2. The van der Waals surface area contributed by atoms with Gasteiger partial charge in [-0.1, -0.05) is 13.0 Å². The zero-order chi connectivity index (χ0) is 15.7. The van der Waals surface area contributed by atoms with E-state index in [4.69, 9.17) is 10.5 Å². The lowest BCUT2D eigenvalue weighted by Gasteiger charge is -2.06. The Labute approximate surface area is 126 Å². The van der Waals surface area contributed by atoms with E-state index in [2.05, 4.69) is 15.1 Å². The summed E-state index contributed by atoms with van der Waals surface area (Å²) in [6, 6.07) is 6.98. The summed E-state index contributed by atoms with van der Waals surface area (Å²) < 4.78 is 6.38. The highest BCUT2D eigenvalue weighted by Gasteiger charge is 2.13. The highest BCUT2D eigenvalue weighted by molar-refractivity contribution is 5.90. The standard InChI is InChI=1S/C15H15N5O2/c1-3-12-18-13(16)11-8-17-20(14(11)19-12)10-6-4-5-9(7-10)15(21)22-2/h4-8H,3H2,1-2H3,(H2,16,18,19). The molecule has 0 saturated carbocycles. The van der Waals surface area contributed by atoms with Crippen molar-refractivity contribution in [3.63, 3.8) is 0 Å². The number of nitrogen functional groups attached to an aromatic ring is 1. The molecule has 0 spiro atoms. The number of hydrogen-bond acceptors (Lipinski definition) is 6. The van der Waals surface area contributed by atoms with Crippen molar-refractivity contribution < 1.29 is 9.53 Å². The Morgan fingerprint density at radius 1 is 1.36 bits per heavy atom. The maximum Gasteiger partial charge on any atom is 0.337 e. The molecule has 0 atom stereocenters. The smallest absolute Gasteiger partial charge is 0.337 e. The van der Waals surface area contributed by atoms with E-state index in [-0.39, 0.29) is 0 Å². The van der Waals surface area contributed by atoms with Crippen LogP contribution < -0.4 is 5.73 Å². The van der Waals surface area contributed by atoms with Gasteiger partial charge in [-0.25, -0.2) is 19.4 Å². The van der Waals surface area contributed by atoms with E-state index < -0.39 is 5.97 Å². The first kappa shape index (κ1) is 14.0. The monoisotopic (exact) mass is 297 g/mol. The Morgan fingerprint density at radius 3 is 2.91 bits per heavy atom. The number of aryl methyl sites for hydroxylation is 1. The largest absolute Gasteiger partial charge is 0.465 e. The number of anilines is 1. The second-order valence-electron chi connectivity index (χ2n) is 4.71.